The fraction of sp³-hybridized carbons (Fsp3) is 0.591. The molecule has 0 spiro atoms. The summed E-state index contributed by atoms with van der Waals surface area (Å²) in [7, 11) is 0. The summed E-state index contributed by atoms with van der Waals surface area (Å²) in [6.07, 6.45) is 2.68. The average molecular weight is 405 g/mol. The highest BCUT2D eigenvalue weighted by molar-refractivity contribution is 5.99. The third kappa shape index (κ3) is 7.07. The maximum atomic E-state index is 13.0. The molecule has 1 fully saturated rings. The quantitative estimate of drug-likeness (QED) is 0.479. The van der Waals surface area contributed by atoms with Crippen molar-refractivity contribution in [3.05, 3.63) is 29.8 Å². The summed E-state index contributed by atoms with van der Waals surface area (Å²) in [6, 6.07) is 6.01. The molecule has 7 nitrogen and oxygen atoms in total. The van der Waals surface area contributed by atoms with E-state index in [1.165, 1.54) is 4.90 Å². The van der Waals surface area contributed by atoms with Gasteiger partial charge in [-0.1, -0.05) is 33.6 Å². The molecule has 1 N–H and O–H groups in total. The number of hydrogen-bond donors (Lipinski definition) is 1. The Labute approximate surface area is 172 Å². The van der Waals surface area contributed by atoms with E-state index in [4.69, 9.17) is 9.47 Å². The van der Waals surface area contributed by atoms with Crippen molar-refractivity contribution in [2.45, 2.75) is 52.5 Å². The fourth-order valence-corrected chi connectivity index (χ4v) is 3.04. The van der Waals surface area contributed by atoms with Crippen LogP contribution in [0.5, 0.6) is 5.75 Å². The minimum Gasteiger partial charge on any atom is -0.493 e. The summed E-state index contributed by atoms with van der Waals surface area (Å²) in [4.78, 5) is 38.9. The van der Waals surface area contributed by atoms with Crippen molar-refractivity contribution in [2.75, 3.05) is 26.3 Å². The first kappa shape index (κ1) is 22.7. The van der Waals surface area contributed by atoms with Crippen LogP contribution in [0.1, 0.15) is 56.8 Å². The lowest BCUT2D eigenvalue weighted by Crippen LogP contribution is -2.57. The number of hydrogen-bond acceptors (Lipinski definition) is 5. The zero-order valence-corrected chi connectivity index (χ0v) is 17.6. The van der Waals surface area contributed by atoms with E-state index in [1.807, 2.05) is 0 Å². The number of amides is 2. The molecule has 1 unspecified atom stereocenters. The highest BCUT2D eigenvalue weighted by Gasteiger charge is 2.35. The molecule has 1 aliphatic rings. The van der Waals surface area contributed by atoms with Gasteiger partial charge in [-0.05, 0) is 36.6 Å². The number of carbonyl (C=O) groups excluding carboxylic acids is 3. The van der Waals surface area contributed by atoms with Crippen LogP contribution >= 0.6 is 0 Å². The van der Waals surface area contributed by atoms with Crippen LogP contribution in [0, 0.1) is 5.92 Å². The molecule has 1 saturated heterocycles. The highest BCUT2D eigenvalue weighted by atomic mass is 16.5. The number of esters is 1. The van der Waals surface area contributed by atoms with Gasteiger partial charge >= 0.3 is 5.97 Å². The summed E-state index contributed by atoms with van der Waals surface area (Å²) in [5.41, 5.74) is 0.456. The van der Waals surface area contributed by atoms with E-state index in [-0.39, 0.29) is 18.2 Å². The number of rotatable bonds is 10. The predicted molar refractivity (Wildman–Crippen MR) is 110 cm³/mol. The number of benzene rings is 1. The lowest BCUT2D eigenvalue weighted by atomic mass is 10.1. The van der Waals surface area contributed by atoms with Gasteiger partial charge in [-0.2, -0.15) is 0 Å². The molecule has 0 saturated carbocycles. The van der Waals surface area contributed by atoms with E-state index in [0.717, 1.165) is 19.3 Å². The van der Waals surface area contributed by atoms with E-state index >= 15 is 0 Å². The molecule has 1 atom stereocenters. The smallest absolute Gasteiger partial charge is 0.308 e. The molecule has 0 aromatic heterocycles. The Balaban J connectivity index is 2.00. The second kappa shape index (κ2) is 11.4. The van der Waals surface area contributed by atoms with Crippen LogP contribution < -0.4 is 10.1 Å². The third-order valence-electron chi connectivity index (χ3n) is 4.65. The van der Waals surface area contributed by atoms with Gasteiger partial charge in [0.25, 0.3) is 5.91 Å². The molecule has 1 heterocycles. The first-order chi connectivity index (χ1) is 13.9. The number of ether oxygens (including phenoxy) is 2. The number of unbranched alkanes of at least 4 members (excludes halogenated alkanes) is 2. The highest BCUT2D eigenvalue weighted by Crippen LogP contribution is 2.18. The monoisotopic (exact) mass is 404 g/mol. The zero-order valence-electron chi connectivity index (χ0n) is 17.6. The normalized spacial score (nSPS) is 16.5. The minimum atomic E-state index is -0.855. The van der Waals surface area contributed by atoms with Crippen molar-refractivity contribution >= 4 is 17.8 Å². The van der Waals surface area contributed by atoms with Gasteiger partial charge in [0.05, 0.1) is 19.6 Å². The molecule has 2 rings (SSSR count). The van der Waals surface area contributed by atoms with Crippen molar-refractivity contribution in [1.29, 1.82) is 0 Å². The van der Waals surface area contributed by atoms with Crippen LogP contribution in [0.15, 0.2) is 24.3 Å². The second-order valence-corrected chi connectivity index (χ2v) is 7.67. The molecule has 0 bridgehead atoms. The molecule has 7 heteroatoms. The lowest BCUT2D eigenvalue weighted by molar-refractivity contribution is -0.147. The maximum Gasteiger partial charge on any atom is 0.308 e. The van der Waals surface area contributed by atoms with Crippen LogP contribution in [0.25, 0.3) is 0 Å². The van der Waals surface area contributed by atoms with E-state index in [1.54, 1.807) is 24.3 Å². The zero-order chi connectivity index (χ0) is 21.2. The van der Waals surface area contributed by atoms with Gasteiger partial charge in [0.15, 0.2) is 0 Å². The van der Waals surface area contributed by atoms with Gasteiger partial charge in [0.2, 0.25) is 5.91 Å². The Kier molecular flexibility index (Phi) is 8.96. The SMILES string of the molecule is CCCCCOC(=O)CC1C(=O)NCCN1C(=O)c1ccc(OCC(C)C)cc1. The Morgan fingerprint density at radius 3 is 2.59 bits per heavy atom. The van der Waals surface area contributed by atoms with Crippen molar-refractivity contribution in [2.24, 2.45) is 5.92 Å². The van der Waals surface area contributed by atoms with E-state index < -0.39 is 12.0 Å². The third-order valence-corrected chi connectivity index (χ3v) is 4.65. The average Bonchev–Trinajstić information content (AvgIpc) is 2.71. The Bertz CT molecular complexity index is 687. The standard InChI is InChI=1S/C22H32N2O5/c1-4-5-6-13-28-20(25)14-19-21(26)23-11-12-24(19)22(27)17-7-9-18(10-8-17)29-15-16(2)3/h7-10,16,19H,4-6,11-15H2,1-3H3,(H,23,26). The van der Waals surface area contributed by atoms with Crippen LogP contribution in [-0.2, 0) is 14.3 Å². The summed E-state index contributed by atoms with van der Waals surface area (Å²) in [5.74, 6) is 0.0360. The molecule has 2 amide bonds. The van der Waals surface area contributed by atoms with E-state index in [9.17, 15) is 14.4 Å². The first-order valence-electron chi connectivity index (χ1n) is 10.4. The summed E-state index contributed by atoms with van der Waals surface area (Å²) in [5, 5.41) is 2.73. The van der Waals surface area contributed by atoms with E-state index in [2.05, 4.69) is 26.1 Å². The van der Waals surface area contributed by atoms with Crippen LogP contribution in [-0.4, -0.2) is 55.0 Å². The van der Waals surface area contributed by atoms with Gasteiger partial charge < -0.3 is 19.7 Å². The second-order valence-electron chi connectivity index (χ2n) is 7.67. The van der Waals surface area contributed by atoms with Gasteiger partial charge in [-0.15, -0.1) is 0 Å². The maximum absolute atomic E-state index is 13.0. The van der Waals surface area contributed by atoms with Gasteiger partial charge in [-0.3, -0.25) is 14.4 Å². The summed E-state index contributed by atoms with van der Waals surface area (Å²) < 4.78 is 10.9. The minimum absolute atomic E-state index is 0.140. The predicted octanol–water partition coefficient (Wildman–Crippen LogP) is 2.79. The number of carbonyl (C=O) groups is 3. The molecular formula is C22H32N2O5. The van der Waals surface area contributed by atoms with Crippen molar-refractivity contribution in [1.82, 2.24) is 10.2 Å². The fourth-order valence-electron chi connectivity index (χ4n) is 3.04. The number of nitrogens with one attached hydrogen (secondary N) is 1. The van der Waals surface area contributed by atoms with Gasteiger partial charge in [0.1, 0.15) is 11.8 Å². The topological polar surface area (TPSA) is 84.9 Å². The number of piperazine rings is 1. The molecule has 1 aromatic rings. The van der Waals surface area contributed by atoms with Crippen molar-refractivity contribution in [3.8, 4) is 5.75 Å². The Morgan fingerprint density at radius 2 is 1.93 bits per heavy atom. The van der Waals surface area contributed by atoms with Crippen LogP contribution in [0.3, 0.4) is 0 Å². The molecule has 1 aliphatic heterocycles. The van der Waals surface area contributed by atoms with Gasteiger partial charge in [-0.25, -0.2) is 0 Å². The Hall–Kier alpha value is -2.57. The molecule has 160 valence electrons. The van der Waals surface area contributed by atoms with Crippen molar-refractivity contribution in [3.63, 3.8) is 0 Å². The summed E-state index contributed by atoms with van der Waals surface area (Å²) >= 11 is 0. The first-order valence-corrected chi connectivity index (χ1v) is 10.4. The molecule has 0 aliphatic carbocycles. The molecule has 29 heavy (non-hydrogen) atoms. The van der Waals surface area contributed by atoms with E-state index in [0.29, 0.717) is 43.5 Å². The summed E-state index contributed by atoms with van der Waals surface area (Å²) in [6.45, 7) is 7.85. The van der Waals surface area contributed by atoms with Crippen LogP contribution in [0.4, 0.5) is 0 Å². The molecular weight excluding hydrogens is 372 g/mol. The largest absolute Gasteiger partial charge is 0.493 e. The molecule has 0 radical (unpaired) electrons. The lowest BCUT2D eigenvalue weighted by Gasteiger charge is -2.34. The van der Waals surface area contributed by atoms with Crippen LogP contribution in [0.2, 0.25) is 0 Å². The number of nitrogens with zero attached hydrogens (tertiary/aromatic N) is 1. The molecule has 1 aromatic carbocycles. The van der Waals surface area contributed by atoms with Gasteiger partial charge in [0, 0.05) is 18.7 Å². The Morgan fingerprint density at radius 1 is 1.21 bits per heavy atom. The van der Waals surface area contributed by atoms with Crippen molar-refractivity contribution < 1.29 is 23.9 Å².